The molecule has 0 saturated carbocycles. The smallest absolute Gasteiger partial charge is 0.264 e. The lowest BCUT2D eigenvalue weighted by molar-refractivity contribution is -0.120. The number of nitrogens with one attached hydrogen (secondary N) is 1. The Kier molecular flexibility index (Phi) is 8.59. The standard InChI is InChI=1S/C26H30N2O6S/c1-5-34-22-12-10-20(11-13-22)19(2)27-26(29)18-28(24-8-6-7-9-25(24)33-4)35(30,31)23-16-14-21(32-3)15-17-23/h6-17,19H,5,18H2,1-4H3,(H,27,29)/t19-/m1/s1. The fourth-order valence-corrected chi connectivity index (χ4v) is 4.96. The number of nitrogens with zero attached hydrogens (tertiary/aromatic N) is 1. The van der Waals surface area contributed by atoms with Gasteiger partial charge in [-0.15, -0.1) is 0 Å². The molecule has 0 aliphatic heterocycles. The van der Waals surface area contributed by atoms with Gasteiger partial charge < -0.3 is 19.5 Å². The van der Waals surface area contributed by atoms with Gasteiger partial charge in [-0.05, 0) is 67.9 Å². The van der Waals surface area contributed by atoms with E-state index in [4.69, 9.17) is 14.2 Å². The average Bonchev–Trinajstić information content (AvgIpc) is 2.87. The molecule has 8 nitrogen and oxygen atoms in total. The summed E-state index contributed by atoms with van der Waals surface area (Å²) in [4.78, 5) is 13.1. The molecule has 0 aliphatic carbocycles. The van der Waals surface area contributed by atoms with Crippen LogP contribution in [-0.2, 0) is 14.8 Å². The first-order valence-corrected chi connectivity index (χ1v) is 12.6. The maximum atomic E-state index is 13.6. The van der Waals surface area contributed by atoms with Crippen LogP contribution in [0.15, 0.2) is 77.7 Å². The Morgan fingerprint density at radius 3 is 2.14 bits per heavy atom. The predicted molar refractivity (Wildman–Crippen MR) is 135 cm³/mol. The summed E-state index contributed by atoms with van der Waals surface area (Å²) >= 11 is 0. The van der Waals surface area contributed by atoms with Crippen LogP contribution >= 0.6 is 0 Å². The molecule has 1 atom stereocenters. The first-order chi connectivity index (χ1) is 16.8. The van der Waals surface area contributed by atoms with E-state index in [0.717, 1.165) is 15.6 Å². The summed E-state index contributed by atoms with van der Waals surface area (Å²) in [5, 5.41) is 2.88. The van der Waals surface area contributed by atoms with Gasteiger partial charge in [0.1, 0.15) is 23.8 Å². The van der Waals surface area contributed by atoms with Gasteiger partial charge in [0.25, 0.3) is 10.0 Å². The summed E-state index contributed by atoms with van der Waals surface area (Å²) in [6, 6.07) is 19.7. The summed E-state index contributed by atoms with van der Waals surface area (Å²) in [6.45, 7) is 3.87. The van der Waals surface area contributed by atoms with Gasteiger partial charge in [0.2, 0.25) is 5.91 Å². The summed E-state index contributed by atoms with van der Waals surface area (Å²) in [6.07, 6.45) is 0. The maximum Gasteiger partial charge on any atom is 0.264 e. The van der Waals surface area contributed by atoms with E-state index in [0.29, 0.717) is 18.1 Å². The minimum absolute atomic E-state index is 0.0246. The molecular weight excluding hydrogens is 468 g/mol. The summed E-state index contributed by atoms with van der Waals surface area (Å²) < 4.78 is 44.3. The van der Waals surface area contributed by atoms with Gasteiger partial charge in [-0.25, -0.2) is 8.42 Å². The number of hydrogen-bond acceptors (Lipinski definition) is 6. The molecule has 0 aliphatic rings. The van der Waals surface area contributed by atoms with Crippen molar-refractivity contribution < 1.29 is 27.4 Å². The molecule has 0 fully saturated rings. The molecule has 0 saturated heterocycles. The van der Waals surface area contributed by atoms with Gasteiger partial charge in [-0.1, -0.05) is 24.3 Å². The number of hydrogen-bond donors (Lipinski definition) is 1. The van der Waals surface area contributed by atoms with Crippen molar-refractivity contribution in [1.29, 1.82) is 0 Å². The minimum Gasteiger partial charge on any atom is -0.497 e. The molecule has 3 rings (SSSR count). The van der Waals surface area contributed by atoms with Crippen molar-refractivity contribution in [2.45, 2.75) is 24.8 Å². The predicted octanol–water partition coefficient (Wildman–Crippen LogP) is 4.18. The second-order valence-electron chi connectivity index (χ2n) is 7.65. The molecule has 1 amide bonds. The maximum absolute atomic E-state index is 13.6. The summed E-state index contributed by atoms with van der Waals surface area (Å²) in [7, 11) is -1.15. The fraction of sp³-hybridized carbons (Fsp3) is 0.269. The van der Waals surface area contributed by atoms with Crippen LogP contribution in [0.5, 0.6) is 17.2 Å². The molecule has 35 heavy (non-hydrogen) atoms. The molecule has 0 unspecified atom stereocenters. The Labute approximate surface area is 206 Å². The van der Waals surface area contributed by atoms with Crippen molar-refractivity contribution in [3.8, 4) is 17.2 Å². The number of amides is 1. The Morgan fingerprint density at radius 2 is 1.54 bits per heavy atom. The normalized spacial score (nSPS) is 11.9. The van der Waals surface area contributed by atoms with Crippen molar-refractivity contribution in [3.63, 3.8) is 0 Å². The van der Waals surface area contributed by atoms with E-state index in [-0.39, 0.29) is 16.6 Å². The second kappa shape index (κ2) is 11.6. The number of carbonyl (C=O) groups excluding carboxylic acids is 1. The van der Waals surface area contributed by atoms with Crippen LogP contribution in [0.2, 0.25) is 0 Å². The molecule has 186 valence electrons. The molecule has 0 spiro atoms. The number of carbonyl (C=O) groups is 1. The van der Waals surface area contributed by atoms with Crippen LogP contribution in [0.25, 0.3) is 0 Å². The number of benzene rings is 3. The molecular formula is C26H30N2O6S. The SMILES string of the molecule is CCOc1ccc([C@@H](C)NC(=O)CN(c2ccccc2OC)S(=O)(=O)c2ccc(OC)cc2)cc1. The Hall–Kier alpha value is -3.72. The number of rotatable bonds is 11. The first kappa shape index (κ1) is 25.9. The van der Waals surface area contributed by atoms with Crippen molar-refractivity contribution in [2.24, 2.45) is 0 Å². The Morgan fingerprint density at radius 1 is 0.914 bits per heavy atom. The molecule has 0 aromatic heterocycles. The van der Waals surface area contributed by atoms with Gasteiger partial charge in [0.15, 0.2) is 0 Å². The van der Waals surface area contributed by atoms with Crippen molar-refractivity contribution in [3.05, 3.63) is 78.4 Å². The molecule has 3 aromatic rings. The van der Waals surface area contributed by atoms with E-state index < -0.39 is 22.5 Å². The van der Waals surface area contributed by atoms with E-state index in [1.54, 1.807) is 36.4 Å². The van der Waals surface area contributed by atoms with Crippen LogP contribution in [0, 0.1) is 0 Å². The van der Waals surface area contributed by atoms with E-state index in [9.17, 15) is 13.2 Å². The molecule has 1 N–H and O–H groups in total. The van der Waals surface area contributed by atoms with Gasteiger partial charge in [0.05, 0.1) is 37.5 Å². The Bertz CT molecular complexity index is 1230. The molecule has 3 aromatic carbocycles. The van der Waals surface area contributed by atoms with E-state index in [1.165, 1.54) is 26.4 Å². The molecule has 0 bridgehead atoms. The fourth-order valence-electron chi connectivity index (χ4n) is 3.53. The lowest BCUT2D eigenvalue weighted by Gasteiger charge is -2.26. The van der Waals surface area contributed by atoms with Crippen LogP contribution in [0.4, 0.5) is 5.69 Å². The van der Waals surface area contributed by atoms with Gasteiger partial charge >= 0.3 is 0 Å². The highest BCUT2D eigenvalue weighted by atomic mass is 32.2. The van der Waals surface area contributed by atoms with E-state index in [1.807, 2.05) is 38.1 Å². The number of anilines is 1. The first-order valence-electron chi connectivity index (χ1n) is 11.1. The van der Waals surface area contributed by atoms with E-state index in [2.05, 4.69) is 5.32 Å². The van der Waals surface area contributed by atoms with Crippen LogP contribution in [-0.4, -0.2) is 41.7 Å². The van der Waals surface area contributed by atoms with Gasteiger partial charge in [-0.3, -0.25) is 9.10 Å². The molecule has 9 heteroatoms. The van der Waals surface area contributed by atoms with Crippen LogP contribution in [0.3, 0.4) is 0 Å². The van der Waals surface area contributed by atoms with Crippen LogP contribution < -0.4 is 23.8 Å². The third-order valence-corrected chi connectivity index (χ3v) is 7.13. The number of sulfonamides is 1. The number of methoxy groups -OCH3 is 2. The highest BCUT2D eigenvalue weighted by molar-refractivity contribution is 7.92. The van der Waals surface area contributed by atoms with Crippen molar-refractivity contribution in [1.82, 2.24) is 5.32 Å². The minimum atomic E-state index is -4.10. The Balaban J connectivity index is 1.88. The zero-order valence-electron chi connectivity index (χ0n) is 20.2. The highest BCUT2D eigenvalue weighted by Crippen LogP contribution is 2.32. The van der Waals surface area contributed by atoms with Gasteiger partial charge in [0, 0.05) is 0 Å². The zero-order valence-corrected chi connectivity index (χ0v) is 21.0. The quantitative estimate of drug-likeness (QED) is 0.426. The highest BCUT2D eigenvalue weighted by Gasteiger charge is 2.29. The zero-order chi connectivity index (χ0) is 25.4. The number of para-hydroxylation sites is 2. The topological polar surface area (TPSA) is 94.2 Å². The van der Waals surface area contributed by atoms with Crippen molar-refractivity contribution >= 4 is 21.6 Å². The van der Waals surface area contributed by atoms with Crippen LogP contribution in [0.1, 0.15) is 25.5 Å². The summed E-state index contributed by atoms with van der Waals surface area (Å²) in [5.74, 6) is 1.13. The third kappa shape index (κ3) is 6.24. The van der Waals surface area contributed by atoms with E-state index >= 15 is 0 Å². The molecule has 0 radical (unpaired) electrons. The molecule has 0 heterocycles. The largest absolute Gasteiger partial charge is 0.497 e. The lowest BCUT2D eigenvalue weighted by atomic mass is 10.1. The number of ether oxygens (including phenoxy) is 3. The van der Waals surface area contributed by atoms with Crippen molar-refractivity contribution in [2.75, 3.05) is 31.7 Å². The second-order valence-corrected chi connectivity index (χ2v) is 9.51. The average molecular weight is 499 g/mol. The summed E-state index contributed by atoms with van der Waals surface area (Å²) in [5.41, 5.74) is 1.12. The third-order valence-electron chi connectivity index (χ3n) is 5.36. The van der Waals surface area contributed by atoms with Gasteiger partial charge in [-0.2, -0.15) is 0 Å². The monoisotopic (exact) mass is 498 g/mol. The lowest BCUT2D eigenvalue weighted by Crippen LogP contribution is -2.41.